The van der Waals surface area contributed by atoms with Gasteiger partial charge in [0.05, 0.1) is 11.5 Å². The minimum atomic E-state index is -3.61. The molecule has 0 aliphatic rings. The Balaban J connectivity index is 1.88. The van der Waals surface area contributed by atoms with Crippen LogP contribution in [0.3, 0.4) is 0 Å². The van der Waals surface area contributed by atoms with Gasteiger partial charge in [-0.2, -0.15) is 4.31 Å². The number of rotatable bonds is 10. The van der Waals surface area contributed by atoms with Crippen molar-refractivity contribution in [3.8, 4) is 5.75 Å². The highest BCUT2D eigenvalue weighted by atomic mass is 32.2. The molecule has 0 aliphatic heterocycles. The van der Waals surface area contributed by atoms with Crippen LogP contribution in [0.15, 0.2) is 53.4 Å². The number of halogens is 1. The third kappa shape index (κ3) is 5.77. The average Bonchev–Trinajstić information content (AvgIpc) is 2.70. The van der Waals surface area contributed by atoms with E-state index < -0.39 is 10.0 Å². The Hall–Kier alpha value is -2.45. The number of nitrogens with one attached hydrogen (secondary N) is 1. The molecule has 1 amide bonds. The van der Waals surface area contributed by atoms with E-state index in [9.17, 15) is 17.6 Å². The molecule has 0 fully saturated rings. The number of sulfonamides is 1. The Kier molecular flexibility index (Phi) is 7.95. The summed E-state index contributed by atoms with van der Waals surface area (Å²) >= 11 is 0. The van der Waals surface area contributed by atoms with Crippen LogP contribution in [0.1, 0.15) is 30.6 Å². The molecule has 0 atom stereocenters. The van der Waals surface area contributed by atoms with E-state index >= 15 is 0 Å². The van der Waals surface area contributed by atoms with E-state index in [4.69, 9.17) is 4.74 Å². The molecule has 0 radical (unpaired) electrons. The normalized spacial score (nSPS) is 11.4. The van der Waals surface area contributed by atoms with Gasteiger partial charge in [-0.1, -0.05) is 19.9 Å². The van der Waals surface area contributed by atoms with Crippen LogP contribution in [0.4, 0.5) is 4.39 Å². The number of carbonyl (C=O) groups excluding carboxylic acids is 1. The van der Waals surface area contributed by atoms with E-state index in [1.807, 2.05) is 0 Å². The fraction of sp³-hybridized carbons (Fsp3) is 0.350. The molecule has 0 heterocycles. The van der Waals surface area contributed by atoms with Gasteiger partial charge in [0.1, 0.15) is 11.6 Å². The average molecular weight is 408 g/mol. The SMILES string of the molecule is CCN(CC)S(=O)(=O)c1cccc(C(=O)NCCCOc2ccc(F)cc2)c1. The van der Waals surface area contributed by atoms with Crippen LogP contribution < -0.4 is 10.1 Å². The Morgan fingerprint density at radius 2 is 1.79 bits per heavy atom. The fourth-order valence-electron chi connectivity index (χ4n) is 2.61. The molecule has 8 heteroatoms. The summed E-state index contributed by atoms with van der Waals surface area (Å²) in [6.07, 6.45) is 0.556. The quantitative estimate of drug-likeness (QED) is 0.613. The zero-order valence-electron chi connectivity index (χ0n) is 16.0. The van der Waals surface area contributed by atoms with Gasteiger partial charge >= 0.3 is 0 Å². The molecule has 6 nitrogen and oxygen atoms in total. The minimum Gasteiger partial charge on any atom is -0.494 e. The summed E-state index contributed by atoms with van der Waals surface area (Å²) in [6.45, 7) is 5.00. The summed E-state index contributed by atoms with van der Waals surface area (Å²) in [7, 11) is -3.61. The van der Waals surface area contributed by atoms with Crippen molar-refractivity contribution in [1.29, 1.82) is 0 Å². The van der Waals surface area contributed by atoms with E-state index in [2.05, 4.69) is 5.32 Å². The Bertz CT molecular complexity index is 881. The molecule has 0 saturated heterocycles. The second kappa shape index (κ2) is 10.2. The monoisotopic (exact) mass is 408 g/mol. The molecule has 0 aromatic heterocycles. The van der Waals surface area contributed by atoms with Crippen molar-refractivity contribution in [1.82, 2.24) is 9.62 Å². The highest BCUT2D eigenvalue weighted by molar-refractivity contribution is 7.89. The molecular weight excluding hydrogens is 383 g/mol. The zero-order chi connectivity index (χ0) is 20.6. The van der Waals surface area contributed by atoms with Gasteiger partial charge in [0.25, 0.3) is 5.91 Å². The first-order valence-electron chi connectivity index (χ1n) is 9.15. The highest BCUT2D eigenvalue weighted by Crippen LogP contribution is 2.17. The number of nitrogens with zero attached hydrogens (tertiary/aromatic N) is 1. The van der Waals surface area contributed by atoms with Crippen molar-refractivity contribution in [2.24, 2.45) is 0 Å². The summed E-state index contributed by atoms with van der Waals surface area (Å²) in [6, 6.07) is 11.7. The molecule has 28 heavy (non-hydrogen) atoms. The molecule has 152 valence electrons. The van der Waals surface area contributed by atoms with E-state index in [0.29, 0.717) is 38.4 Å². The van der Waals surface area contributed by atoms with Crippen molar-refractivity contribution in [2.75, 3.05) is 26.2 Å². The van der Waals surface area contributed by atoms with Crippen LogP contribution in [0.2, 0.25) is 0 Å². The Morgan fingerprint density at radius 1 is 1.11 bits per heavy atom. The van der Waals surface area contributed by atoms with Gasteiger partial charge in [-0.15, -0.1) is 0 Å². The second-order valence-electron chi connectivity index (χ2n) is 6.03. The summed E-state index contributed by atoms with van der Waals surface area (Å²) < 4.78 is 44.8. The lowest BCUT2D eigenvalue weighted by Gasteiger charge is -2.18. The standard InChI is InChI=1S/C20H25FN2O4S/c1-3-23(4-2)28(25,26)19-8-5-7-16(15-19)20(24)22-13-6-14-27-18-11-9-17(21)10-12-18/h5,7-12,15H,3-4,6,13-14H2,1-2H3,(H,22,24). The van der Waals surface area contributed by atoms with Crippen LogP contribution in [0.25, 0.3) is 0 Å². The maximum absolute atomic E-state index is 12.8. The van der Waals surface area contributed by atoms with Crippen molar-refractivity contribution < 1.29 is 22.3 Å². The molecule has 0 bridgehead atoms. The fourth-order valence-corrected chi connectivity index (χ4v) is 4.11. The zero-order valence-corrected chi connectivity index (χ0v) is 16.8. The van der Waals surface area contributed by atoms with Crippen LogP contribution in [0.5, 0.6) is 5.75 Å². The van der Waals surface area contributed by atoms with Crippen molar-refractivity contribution in [3.63, 3.8) is 0 Å². The molecule has 0 aliphatic carbocycles. The number of ether oxygens (including phenoxy) is 1. The van der Waals surface area contributed by atoms with Gasteiger partial charge in [0.2, 0.25) is 10.0 Å². The van der Waals surface area contributed by atoms with Gasteiger partial charge in [0, 0.05) is 25.2 Å². The smallest absolute Gasteiger partial charge is 0.251 e. The van der Waals surface area contributed by atoms with Crippen molar-refractivity contribution in [2.45, 2.75) is 25.2 Å². The second-order valence-corrected chi connectivity index (χ2v) is 7.97. The number of hydrogen-bond donors (Lipinski definition) is 1. The lowest BCUT2D eigenvalue weighted by Crippen LogP contribution is -2.31. The molecule has 0 unspecified atom stereocenters. The molecular formula is C20H25FN2O4S. The van der Waals surface area contributed by atoms with Gasteiger partial charge in [-0.3, -0.25) is 4.79 Å². The number of hydrogen-bond acceptors (Lipinski definition) is 4. The van der Waals surface area contributed by atoms with Crippen LogP contribution >= 0.6 is 0 Å². The first-order valence-corrected chi connectivity index (χ1v) is 10.6. The first kappa shape index (κ1) is 21.8. The molecule has 2 aromatic rings. The molecule has 2 rings (SSSR count). The third-order valence-corrected chi connectivity index (χ3v) is 6.17. The maximum atomic E-state index is 12.8. The van der Waals surface area contributed by atoms with Gasteiger partial charge in [-0.05, 0) is 48.9 Å². The van der Waals surface area contributed by atoms with Gasteiger partial charge in [-0.25, -0.2) is 12.8 Å². The molecule has 1 N–H and O–H groups in total. The Morgan fingerprint density at radius 3 is 2.43 bits per heavy atom. The summed E-state index contributed by atoms with van der Waals surface area (Å²) in [5.74, 6) is -0.120. The predicted octanol–water partition coefficient (Wildman–Crippen LogP) is 3.06. The van der Waals surface area contributed by atoms with E-state index in [0.717, 1.165) is 0 Å². The van der Waals surface area contributed by atoms with E-state index in [1.165, 1.54) is 40.7 Å². The highest BCUT2D eigenvalue weighted by Gasteiger charge is 2.22. The van der Waals surface area contributed by atoms with E-state index in [1.54, 1.807) is 26.0 Å². The maximum Gasteiger partial charge on any atom is 0.251 e. The number of amides is 1. The molecule has 0 saturated carbocycles. The van der Waals surface area contributed by atoms with E-state index in [-0.39, 0.29) is 22.2 Å². The van der Waals surface area contributed by atoms with Crippen LogP contribution in [-0.2, 0) is 10.0 Å². The topological polar surface area (TPSA) is 75.7 Å². The lowest BCUT2D eigenvalue weighted by molar-refractivity contribution is 0.0951. The van der Waals surface area contributed by atoms with Crippen molar-refractivity contribution >= 4 is 15.9 Å². The van der Waals surface area contributed by atoms with Gasteiger partial charge in [0.15, 0.2) is 0 Å². The summed E-state index contributed by atoms with van der Waals surface area (Å²) in [5, 5.41) is 2.74. The van der Waals surface area contributed by atoms with Crippen LogP contribution in [-0.4, -0.2) is 44.9 Å². The van der Waals surface area contributed by atoms with Crippen LogP contribution in [0, 0.1) is 5.82 Å². The van der Waals surface area contributed by atoms with Gasteiger partial charge < -0.3 is 10.1 Å². The summed E-state index contributed by atoms with van der Waals surface area (Å²) in [4.78, 5) is 12.4. The summed E-state index contributed by atoms with van der Waals surface area (Å²) in [5.41, 5.74) is 0.285. The van der Waals surface area contributed by atoms with Crippen molar-refractivity contribution in [3.05, 3.63) is 59.9 Å². The predicted molar refractivity (Wildman–Crippen MR) is 105 cm³/mol. The molecule has 2 aromatic carbocycles. The Labute approximate surface area is 165 Å². The lowest BCUT2D eigenvalue weighted by atomic mass is 10.2. The largest absolute Gasteiger partial charge is 0.494 e. The minimum absolute atomic E-state index is 0.100. The number of benzene rings is 2. The third-order valence-electron chi connectivity index (χ3n) is 4.13. The first-order chi connectivity index (χ1) is 13.4. The molecule has 0 spiro atoms. The number of carbonyl (C=O) groups is 1.